The standard InChI is InChI=1S/C19H27ClN6.HI/c1-15(13-26-9-4-8-23-26)12-22-19(21-2)24-17-7-10-25(14-17)18-6-3-5-16(20)11-18;/h3-6,8-9,11,15,17H,7,10,12-14H2,1-2H3,(H2,21,22,24);1H. The molecule has 1 aromatic carbocycles. The van der Waals surface area contributed by atoms with E-state index in [2.05, 4.69) is 38.6 Å². The Morgan fingerprint density at radius 2 is 2.26 bits per heavy atom. The van der Waals surface area contributed by atoms with Gasteiger partial charge in [0.2, 0.25) is 0 Å². The van der Waals surface area contributed by atoms with E-state index in [4.69, 9.17) is 11.6 Å². The van der Waals surface area contributed by atoms with Gasteiger partial charge in [-0.25, -0.2) is 0 Å². The van der Waals surface area contributed by atoms with Gasteiger partial charge in [0.25, 0.3) is 0 Å². The van der Waals surface area contributed by atoms with Gasteiger partial charge in [0, 0.05) is 62.4 Å². The maximum Gasteiger partial charge on any atom is 0.191 e. The molecule has 27 heavy (non-hydrogen) atoms. The molecule has 8 heteroatoms. The summed E-state index contributed by atoms with van der Waals surface area (Å²) < 4.78 is 1.96. The molecule has 1 aliphatic heterocycles. The zero-order chi connectivity index (χ0) is 18.4. The van der Waals surface area contributed by atoms with Crippen molar-refractivity contribution in [3.8, 4) is 0 Å². The second kappa shape index (κ2) is 10.8. The summed E-state index contributed by atoms with van der Waals surface area (Å²) in [6.45, 7) is 5.92. The fourth-order valence-corrected chi connectivity index (χ4v) is 3.42. The van der Waals surface area contributed by atoms with E-state index in [0.717, 1.165) is 43.6 Å². The van der Waals surface area contributed by atoms with Crippen LogP contribution in [0.2, 0.25) is 5.02 Å². The number of hydrogen-bond acceptors (Lipinski definition) is 3. The molecule has 148 valence electrons. The van der Waals surface area contributed by atoms with Gasteiger partial charge in [0.05, 0.1) is 0 Å². The van der Waals surface area contributed by atoms with E-state index < -0.39 is 0 Å². The van der Waals surface area contributed by atoms with E-state index >= 15 is 0 Å². The number of hydrogen-bond donors (Lipinski definition) is 2. The number of aliphatic imine (C=N–C) groups is 1. The molecule has 2 aromatic rings. The summed E-state index contributed by atoms with van der Waals surface area (Å²) >= 11 is 6.11. The van der Waals surface area contributed by atoms with Gasteiger partial charge >= 0.3 is 0 Å². The molecule has 2 unspecified atom stereocenters. The van der Waals surface area contributed by atoms with Gasteiger partial charge in [-0.3, -0.25) is 9.67 Å². The minimum absolute atomic E-state index is 0. The summed E-state index contributed by atoms with van der Waals surface area (Å²) in [5.74, 6) is 1.32. The smallest absolute Gasteiger partial charge is 0.191 e. The zero-order valence-corrected chi connectivity index (χ0v) is 18.9. The van der Waals surface area contributed by atoms with Crippen molar-refractivity contribution in [1.29, 1.82) is 0 Å². The predicted octanol–water partition coefficient (Wildman–Crippen LogP) is 3.23. The van der Waals surface area contributed by atoms with Crippen molar-refractivity contribution in [1.82, 2.24) is 20.4 Å². The topological polar surface area (TPSA) is 57.5 Å². The molecule has 2 heterocycles. The number of guanidine groups is 1. The molecule has 0 amide bonds. The summed E-state index contributed by atoms with van der Waals surface area (Å²) in [5, 5.41) is 12.0. The first kappa shape index (κ1) is 21.8. The van der Waals surface area contributed by atoms with Crippen molar-refractivity contribution in [3.63, 3.8) is 0 Å². The Morgan fingerprint density at radius 1 is 1.41 bits per heavy atom. The molecule has 0 spiro atoms. The number of benzene rings is 1. The van der Waals surface area contributed by atoms with Gasteiger partial charge in [-0.05, 0) is 36.6 Å². The first-order valence-corrected chi connectivity index (χ1v) is 9.47. The van der Waals surface area contributed by atoms with Crippen LogP contribution in [0.1, 0.15) is 13.3 Å². The molecule has 0 aliphatic carbocycles. The van der Waals surface area contributed by atoms with E-state index in [1.165, 1.54) is 5.69 Å². The lowest BCUT2D eigenvalue weighted by Crippen LogP contribution is -2.46. The molecular formula is C19H28ClIN6. The molecule has 1 saturated heterocycles. The number of anilines is 1. The van der Waals surface area contributed by atoms with Crippen LogP contribution in [0.4, 0.5) is 5.69 Å². The van der Waals surface area contributed by atoms with Crippen LogP contribution in [0.5, 0.6) is 0 Å². The van der Waals surface area contributed by atoms with Crippen molar-refractivity contribution in [2.75, 3.05) is 31.6 Å². The average molecular weight is 503 g/mol. The van der Waals surface area contributed by atoms with Crippen molar-refractivity contribution in [2.24, 2.45) is 10.9 Å². The van der Waals surface area contributed by atoms with Crippen LogP contribution >= 0.6 is 35.6 Å². The van der Waals surface area contributed by atoms with Gasteiger partial charge in [0.1, 0.15) is 0 Å². The van der Waals surface area contributed by atoms with E-state index in [0.29, 0.717) is 12.0 Å². The monoisotopic (exact) mass is 502 g/mol. The Labute approximate surface area is 183 Å². The molecule has 2 N–H and O–H groups in total. The van der Waals surface area contributed by atoms with E-state index in [1.54, 1.807) is 0 Å². The Balaban J connectivity index is 0.00000261. The third kappa shape index (κ3) is 6.57. The van der Waals surface area contributed by atoms with Crippen LogP contribution in [0.3, 0.4) is 0 Å². The maximum absolute atomic E-state index is 6.11. The third-order valence-corrected chi connectivity index (χ3v) is 4.84. The van der Waals surface area contributed by atoms with Crippen LogP contribution in [0, 0.1) is 5.92 Å². The van der Waals surface area contributed by atoms with Crippen molar-refractivity contribution < 1.29 is 0 Å². The molecule has 2 atom stereocenters. The highest BCUT2D eigenvalue weighted by Gasteiger charge is 2.23. The quantitative estimate of drug-likeness (QED) is 0.362. The van der Waals surface area contributed by atoms with E-state index in [9.17, 15) is 0 Å². The molecule has 0 bridgehead atoms. The highest BCUT2D eigenvalue weighted by atomic mass is 127. The highest BCUT2D eigenvalue weighted by Crippen LogP contribution is 2.23. The van der Waals surface area contributed by atoms with Crippen molar-refractivity contribution >= 4 is 47.2 Å². The number of nitrogens with one attached hydrogen (secondary N) is 2. The Kier molecular flexibility index (Phi) is 8.69. The fourth-order valence-electron chi connectivity index (χ4n) is 3.24. The Morgan fingerprint density at radius 3 is 2.96 bits per heavy atom. The second-order valence-electron chi connectivity index (χ2n) is 6.84. The summed E-state index contributed by atoms with van der Waals surface area (Å²) in [6, 6.07) is 10.4. The summed E-state index contributed by atoms with van der Waals surface area (Å²) in [7, 11) is 1.82. The molecule has 1 aliphatic rings. The minimum Gasteiger partial charge on any atom is -0.369 e. The predicted molar refractivity (Wildman–Crippen MR) is 123 cm³/mol. The van der Waals surface area contributed by atoms with Gasteiger partial charge in [-0.1, -0.05) is 24.6 Å². The lowest BCUT2D eigenvalue weighted by atomic mass is 10.2. The maximum atomic E-state index is 6.11. The lowest BCUT2D eigenvalue weighted by Gasteiger charge is -2.21. The molecule has 1 fully saturated rings. The summed E-state index contributed by atoms with van der Waals surface area (Å²) in [5.41, 5.74) is 1.18. The average Bonchev–Trinajstić information content (AvgIpc) is 3.30. The van der Waals surface area contributed by atoms with E-state index in [-0.39, 0.29) is 24.0 Å². The van der Waals surface area contributed by atoms with Gasteiger partial charge in [0.15, 0.2) is 5.96 Å². The van der Waals surface area contributed by atoms with Gasteiger partial charge < -0.3 is 15.5 Å². The lowest BCUT2D eigenvalue weighted by molar-refractivity contribution is 0.442. The molecular weight excluding hydrogens is 475 g/mol. The normalized spacial score (nSPS) is 18.1. The molecule has 0 radical (unpaired) electrons. The number of rotatable bonds is 6. The van der Waals surface area contributed by atoms with Crippen LogP contribution < -0.4 is 15.5 Å². The van der Waals surface area contributed by atoms with Gasteiger partial charge in [-0.15, -0.1) is 24.0 Å². The minimum atomic E-state index is 0. The first-order chi connectivity index (χ1) is 12.6. The third-order valence-electron chi connectivity index (χ3n) is 4.60. The van der Waals surface area contributed by atoms with Crippen LogP contribution in [-0.4, -0.2) is 48.5 Å². The number of aromatic nitrogens is 2. The molecule has 3 rings (SSSR count). The summed E-state index contributed by atoms with van der Waals surface area (Å²) in [6.07, 6.45) is 4.88. The van der Waals surface area contributed by atoms with Crippen LogP contribution in [-0.2, 0) is 6.54 Å². The second-order valence-corrected chi connectivity index (χ2v) is 7.28. The Bertz CT molecular complexity index is 721. The summed E-state index contributed by atoms with van der Waals surface area (Å²) in [4.78, 5) is 6.72. The largest absolute Gasteiger partial charge is 0.369 e. The van der Waals surface area contributed by atoms with Crippen LogP contribution in [0.25, 0.3) is 0 Å². The number of halogens is 2. The van der Waals surface area contributed by atoms with E-state index in [1.807, 2.05) is 48.4 Å². The SMILES string of the molecule is CN=C(NCC(C)Cn1cccn1)NC1CCN(c2cccc(Cl)c2)C1.I. The zero-order valence-electron chi connectivity index (χ0n) is 15.8. The van der Waals surface area contributed by atoms with Crippen molar-refractivity contribution in [3.05, 3.63) is 47.7 Å². The Hall–Kier alpha value is -1.48. The van der Waals surface area contributed by atoms with Crippen molar-refractivity contribution in [2.45, 2.75) is 25.9 Å². The van der Waals surface area contributed by atoms with Crippen LogP contribution in [0.15, 0.2) is 47.7 Å². The first-order valence-electron chi connectivity index (χ1n) is 9.09. The van der Waals surface area contributed by atoms with Gasteiger partial charge in [-0.2, -0.15) is 5.10 Å². The molecule has 6 nitrogen and oxygen atoms in total. The fraction of sp³-hybridized carbons (Fsp3) is 0.474. The highest BCUT2D eigenvalue weighted by molar-refractivity contribution is 14.0. The number of nitrogens with zero attached hydrogens (tertiary/aromatic N) is 4. The molecule has 0 saturated carbocycles. The molecule has 1 aromatic heterocycles.